The highest BCUT2D eigenvalue weighted by molar-refractivity contribution is 7.14. The number of nitrogens with one attached hydrogen (secondary N) is 2. The summed E-state index contributed by atoms with van der Waals surface area (Å²) in [5.74, 6) is -0.110. The van der Waals surface area contributed by atoms with E-state index in [0.717, 1.165) is 28.9 Å². The molecule has 0 spiro atoms. The molecule has 1 fully saturated rings. The number of amides is 4. The molecule has 0 bridgehead atoms. The molecule has 1 aliphatic rings. The second kappa shape index (κ2) is 9.47. The molecule has 166 valence electrons. The zero-order valence-electron chi connectivity index (χ0n) is 18.3. The standard InChI is InChI=1S/C22H28N4O4S/c1-5-9-22(10-6-2)19(28)26(21(29)25-22)12-18(27)24-20-23-16(13-31-20)15-11-14(3)7-8-17(15)30-4/h7-8,11,13H,5-6,9-10,12H2,1-4H3,(H,25,29)(H,23,24,27). The molecule has 9 heteroatoms. The number of methoxy groups -OCH3 is 1. The quantitative estimate of drug-likeness (QED) is 0.570. The Hall–Kier alpha value is -2.94. The third-order valence-electron chi connectivity index (χ3n) is 5.28. The highest BCUT2D eigenvalue weighted by Crippen LogP contribution is 2.33. The van der Waals surface area contributed by atoms with Crippen LogP contribution in [0.25, 0.3) is 11.3 Å². The second-order valence-corrected chi connectivity index (χ2v) is 8.55. The number of aryl methyl sites for hydroxylation is 1. The minimum Gasteiger partial charge on any atom is -0.496 e. The van der Waals surface area contributed by atoms with Gasteiger partial charge in [-0.1, -0.05) is 38.3 Å². The number of thiazole rings is 1. The van der Waals surface area contributed by atoms with Crippen molar-refractivity contribution < 1.29 is 19.1 Å². The van der Waals surface area contributed by atoms with Gasteiger partial charge in [-0.15, -0.1) is 11.3 Å². The first-order valence-corrected chi connectivity index (χ1v) is 11.3. The van der Waals surface area contributed by atoms with Crippen molar-refractivity contribution in [2.45, 2.75) is 52.0 Å². The average molecular weight is 445 g/mol. The summed E-state index contributed by atoms with van der Waals surface area (Å²) in [6.45, 7) is 5.57. The van der Waals surface area contributed by atoms with Crippen molar-refractivity contribution in [1.82, 2.24) is 15.2 Å². The highest BCUT2D eigenvalue weighted by Gasteiger charge is 2.50. The van der Waals surface area contributed by atoms with E-state index in [0.29, 0.717) is 29.4 Å². The first-order chi connectivity index (χ1) is 14.8. The number of anilines is 1. The van der Waals surface area contributed by atoms with Crippen molar-refractivity contribution in [3.8, 4) is 17.0 Å². The van der Waals surface area contributed by atoms with E-state index in [1.807, 2.05) is 44.4 Å². The van der Waals surface area contributed by atoms with Crippen molar-refractivity contribution in [3.05, 3.63) is 29.1 Å². The van der Waals surface area contributed by atoms with Gasteiger partial charge in [0.2, 0.25) is 5.91 Å². The summed E-state index contributed by atoms with van der Waals surface area (Å²) in [5.41, 5.74) is 1.67. The van der Waals surface area contributed by atoms with Crippen LogP contribution in [0.15, 0.2) is 23.6 Å². The van der Waals surface area contributed by atoms with Gasteiger partial charge in [-0.3, -0.25) is 14.5 Å². The van der Waals surface area contributed by atoms with Crippen LogP contribution in [0.5, 0.6) is 5.75 Å². The van der Waals surface area contributed by atoms with Gasteiger partial charge in [0.1, 0.15) is 17.8 Å². The predicted octanol–water partition coefficient (Wildman–Crippen LogP) is 3.96. The van der Waals surface area contributed by atoms with Gasteiger partial charge in [0.15, 0.2) is 5.13 Å². The second-order valence-electron chi connectivity index (χ2n) is 7.69. The van der Waals surface area contributed by atoms with Gasteiger partial charge < -0.3 is 15.4 Å². The number of ether oxygens (including phenoxy) is 1. The maximum absolute atomic E-state index is 12.9. The minimum atomic E-state index is -0.906. The SMILES string of the molecule is CCCC1(CCC)NC(=O)N(CC(=O)Nc2nc(-c3cc(C)ccc3OC)cs2)C1=O. The molecule has 1 aromatic carbocycles. The van der Waals surface area contributed by atoms with Gasteiger partial charge in [0.25, 0.3) is 5.91 Å². The molecule has 1 aromatic heterocycles. The monoisotopic (exact) mass is 444 g/mol. The van der Waals surface area contributed by atoms with E-state index >= 15 is 0 Å². The Morgan fingerprint density at radius 1 is 1.26 bits per heavy atom. The summed E-state index contributed by atoms with van der Waals surface area (Å²) in [6, 6.07) is 5.27. The molecule has 0 radical (unpaired) electrons. The number of aromatic nitrogens is 1. The van der Waals surface area contributed by atoms with Crippen LogP contribution in [0.2, 0.25) is 0 Å². The number of rotatable bonds is 9. The molecule has 1 aliphatic heterocycles. The molecule has 4 amide bonds. The first kappa shape index (κ1) is 22.7. The minimum absolute atomic E-state index is 0.333. The lowest BCUT2D eigenvalue weighted by Gasteiger charge is -2.25. The number of hydrogen-bond acceptors (Lipinski definition) is 6. The molecule has 0 aliphatic carbocycles. The van der Waals surface area contributed by atoms with Crippen LogP contribution in [0.4, 0.5) is 9.93 Å². The number of imide groups is 1. The Morgan fingerprint density at radius 2 is 1.97 bits per heavy atom. The fourth-order valence-electron chi connectivity index (χ4n) is 3.92. The van der Waals surface area contributed by atoms with Crippen molar-refractivity contribution in [2.75, 3.05) is 19.0 Å². The molecule has 0 atom stereocenters. The van der Waals surface area contributed by atoms with E-state index in [1.165, 1.54) is 11.3 Å². The van der Waals surface area contributed by atoms with Gasteiger partial charge in [-0.05, 0) is 31.9 Å². The van der Waals surface area contributed by atoms with Crippen LogP contribution in [0.3, 0.4) is 0 Å². The Kier molecular flexibility index (Phi) is 6.94. The maximum Gasteiger partial charge on any atom is 0.325 e. The normalized spacial score (nSPS) is 15.2. The number of carbonyl (C=O) groups excluding carboxylic acids is 3. The summed E-state index contributed by atoms with van der Waals surface area (Å²) in [7, 11) is 1.60. The van der Waals surface area contributed by atoms with Crippen LogP contribution in [-0.4, -0.2) is 46.9 Å². The van der Waals surface area contributed by atoms with Crippen molar-refractivity contribution in [3.63, 3.8) is 0 Å². The van der Waals surface area contributed by atoms with E-state index < -0.39 is 17.5 Å². The smallest absolute Gasteiger partial charge is 0.325 e. The van der Waals surface area contributed by atoms with E-state index in [-0.39, 0.29) is 12.5 Å². The fraction of sp³-hybridized carbons (Fsp3) is 0.455. The highest BCUT2D eigenvalue weighted by atomic mass is 32.1. The van der Waals surface area contributed by atoms with Gasteiger partial charge in [0.05, 0.1) is 12.8 Å². The molecule has 8 nitrogen and oxygen atoms in total. The van der Waals surface area contributed by atoms with E-state index in [4.69, 9.17) is 4.74 Å². The largest absolute Gasteiger partial charge is 0.496 e. The molecular formula is C22H28N4O4S. The summed E-state index contributed by atoms with van der Waals surface area (Å²) >= 11 is 1.27. The number of urea groups is 1. The van der Waals surface area contributed by atoms with E-state index in [2.05, 4.69) is 15.6 Å². The Labute approximate surface area is 186 Å². The van der Waals surface area contributed by atoms with Crippen molar-refractivity contribution in [2.24, 2.45) is 0 Å². The lowest BCUT2D eigenvalue weighted by Crippen LogP contribution is -2.47. The Balaban J connectivity index is 1.70. The molecule has 2 N–H and O–H groups in total. The van der Waals surface area contributed by atoms with Gasteiger partial charge in [0, 0.05) is 10.9 Å². The molecule has 1 saturated heterocycles. The van der Waals surface area contributed by atoms with Crippen LogP contribution >= 0.6 is 11.3 Å². The molecule has 0 unspecified atom stereocenters. The van der Waals surface area contributed by atoms with Crippen LogP contribution in [-0.2, 0) is 9.59 Å². The van der Waals surface area contributed by atoms with Crippen molar-refractivity contribution in [1.29, 1.82) is 0 Å². The van der Waals surface area contributed by atoms with Crippen LogP contribution in [0, 0.1) is 6.92 Å². The third-order valence-corrected chi connectivity index (χ3v) is 6.04. The lowest BCUT2D eigenvalue weighted by molar-refractivity contribution is -0.134. The maximum atomic E-state index is 12.9. The van der Waals surface area contributed by atoms with Crippen LogP contribution in [0.1, 0.15) is 45.1 Å². The summed E-state index contributed by atoms with van der Waals surface area (Å²) in [4.78, 5) is 43.4. The molecule has 2 aromatic rings. The fourth-order valence-corrected chi connectivity index (χ4v) is 4.64. The molecule has 0 saturated carbocycles. The van der Waals surface area contributed by atoms with Gasteiger partial charge in [-0.25, -0.2) is 9.78 Å². The summed E-state index contributed by atoms with van der Waals surface area (Å²) in [6.07, 6.45) is 2.63. The van der Waals surface area contributed by atoms with Crippen molar-refractivity contribution >= 4 is 34.3 Å². The molecule has 3 rings (SSSR count). The Morgan fingerprint density at radius 3 is 2.61 bits per heavy atom. The topological polar surface area (TPSA) is 101 Å². The summed E-state index contributed by atoms with van der Waals surface area (Å²) < 4.78 is 5.41. The number of nitrogens with zero attached hydrogens (tertiary/aromatic N) is 2. The van der Waals surface area contributed by atoms with Gasteiger partial charge in [-0.2, -0.15) is 0 Å². The zero-order valence-corrected chi connectivity index (χ0v) is 19.1. The average Bonchev–Trinajstić information content (AvgIpc) is 3.27. The molecule has 31 heavy (non-hydrogen) atoms. The van der Waals surface area contributed by atoms with E-state index in [1.54, 1.807) is 7.11 Å². The van der Waals surface area contributed by atoms with E-state index in [9.17, 15) is 14.4 Å². The number of carbonyl (C=O) groups is 3. The zero-order chi connectivity index (χ0) is 22.6. The lowest BCUT2D eigenvalue weighted by atomic mass is 9.88. The number of hydrogen-bond donors (Lipinski definition) is 2. The third kappa shape index (κ3) is 4.71. The Bertz CT molecular complexity index is 982. The van der Waals surface area contributed by atoms with Gasteiger partial charge >= 0.3 is 6.03 Å². The first-order valence-electron chi connectivity index (χ1n) is 10.4. The van der Waals surface area contributed by atoms with Crippen LogP contribution < -0.4 is 15.4 Å². The predicted molar refractivity (Wildman–Crippen MR) is 120 cm³/mol. The molecular weight excluding hydrogens is 416 g/mol. The number of benzene rings is 1. The molecule has 2 heterocycles. The summed E-state index contributed by atoms with van der Waals surface area (Å²) in [5, 5.41) is 7.73.